The Bertz CT molecular complexity index is 371. The molecule has 0 spiro atoms. The van der Waals surface area contributed by atoms with E-state index in [9.17, 15) is 14.7 Å². The van der Waals surface area contributed by atoms with Crippen molar-refractivity contribution < 1.29 is 19.8 Å². The molecule has 0 aromatic heterocycles. The molecule has 0 bridgehead atoms. The second kappa shape index (κ2) is 6.67. The number of carbonyl (C=O) groups excluding carboxylic acids is 1. The highest BCUT2D eigenvalue weighted by molar-refractivity contribution is 7.99. The van der Waals surface area contributed by atoms with Crippen molar-refractivity contribution in [3.8, 4) is 0 Å². The summed E-state index contributed by atoms with van der Waals surface area (Å²) in [6.45, 7) is 0.100. The van der Waals surface area contributed by atoms with Gasteiger partial charge in [0.1, 0.15) is 6.04 Å². The normalized spacial score (nSPS) is 34.0. The second-order valence-corrected chi connectivity index (χ2v) is 6.69. The average molecular weight is 302 g/mol. The number of thioether (sulfide) groups is 1. The number of amides is 2. The van der Waals surface area contributed by atoms with Gasteiger partial charge in [0.25, 0.3) is 0 Å². The Hall–Kier alpha value is -0.950. The molecule has 2 fully saturated rings. The predicted octanol–water partition coefficient (Wildman–Crippen LogP) is 0.890. The Morgan fingerprint density at radius 2 is 1.90 bits per heavy atom. The van der Waals surface area contributed by atoms with Crippen LogP contribution in [-0.4, -0.2) is 63.4 Å². The van der Waals surface area contributed by atoms with Gasteiger partial charge in [-0.3, -0.25) is 0 Å². The lowest BCUT2D eigenvalue weighted by Crippen LogP contribution is -2.50. The minimum Gasteiger partial charge on any atom is -0.480 e. The molecule has 6 nitrogen and oxygen atoms in total. The number of carboxylic acid groups (broad SMARTS) is 1. The van der Waals surface area contributed by atoms with Crippen LogP contribution in [0.1, 0.15) is 32.1 Å². The molecular formula is C13H22N2O4S. The van der Waals surface area contributed by atoms with E-state index in [0.717, 1.165) is 25.7 Å². The van der Waals surface area contributed by atoms with Crippen LogP contribution >= 0.6 is 11.8 Å². The third kappa shape index (κ3) is 3.58. The van der Waals surface area contributed by atoms with Crippen molar-refractivity contribution in [3.63, 3.8) is 0 Å². The van der Waals surface area contributed by atoms with Gasteiger partial charge in [0, 0.05) is 24.3 Å². The number of aliphatic hydroxyl groups excluding tert-OH is 1. The molecule has 1 aliphatic carbocycles. The first-order valence-corrected chi connectivity index (χ1v) is 8.31. The Kier molecular flexibility index (Phi) is 5.15. The van der Waals surface area contributed by atoms with Gasteiger partial charge in [0.2, 0.25) is 0 Å². The summed E-state index contributed by atoms with van der Waals surface area (Å²) in [5, 5.41) is 22.2. The lowest BCUT2D eigenvalue weighted by atomic mass is 9.95. The molecular weight excluding hydrogens is 280 g/mol. The molecule has 2 atom stereocenters. The highest BCUT2D eigenvalue weighted by Gasteiger charge is 2.39. The van der Waals surface area contributed by atoms with Gasteiger partial charge in [-0.15, -0.1) is 0 Å². The molecule has 2 rings (SSSR count). The maximum Gasteiger partial charge on any atom is 0.326 e. The number of aliphatic hydroxyl groups is 1. The summed E-state index contributed by atoms with van der Waals surface area (Å²) in [4.78, 5) is 24.5. The number of nitrogens with zero attached hydrogens (tertiary/aromatic N) is 1. The van der Waals surface area contributed by atoms with Crippen LogP contribution in [0.5, 0.6) is 0 Å². The van der Waals surface area contributed by atoms with Gasteiger partial charge in [0.05, 0.1) is 6.10 Å². The standard InChI is InChI=1S/C13H22N2O4S/c1-20-10-4-2-8(3-5-10)14-13(19)15-7-9(16)6-11(15)12(17)18/h8-11,16H,2-7H2,1H3,(H,14,19)(H,17,18)/t8?,9-,10?,11-/m0/s1. The molecule has 20 heavy (non-hydrogen) atoms. The first kappa shape index (κ1) is 15.4. The Labute approximate surface area is 122 Å². The highest BCUT2D eigenvalue weighted by atomic mass is 32.2. The summed E-state index contributed by atoms with van der Waals surface area (Å²) >= 11 is 1.86. The number of likely N-dealkylation sites (tertiary alicyclic amines) is 1. The monoisotopic (exact) mass is 302 g/mol. The number of hydrogen-bond acceptors (Lipinski definition) is 4. The number of nitrogens with one attached hydrogen (secondary N) is 1. The van der Waals surface area contributed by atoms with E-state index in [4.69, 9.17) is 5.11 Å². The number of carbonyl (C=O) groups is 2. The molecule has 7 heteroatoms. The highest BCUT2D eigenvalue weighted by Crippen LogP contribution is 2.27. The summed E-state index contributed by atoms with van der Waals surface area (Å²) in [5.41, 5.74) is 0. The van der Waals surface area contributed by atoms with Gasteiger partial charge in [-0.1, -0.05) is 0 Å². The van der Waals surface area contributed by atoms with Crippen molar-refractivity contribution in [2.75, 3.05) is 12.8 Å². The third-order valence-corrected chi connectivity index (χ3v) is 5.30. The predicted molar refractivity (Wildman–Crippen MR) is 76.8 cm³/mol. The fraction of sp³-hybridized carbons (Fsp3) is 0.846. The van der Waals surface area contributed by atoms with Gasteiger partial charge in [-0.2, -0.15) is 11.8 Å². The molecule has 3 N–H and O–H groups in total. The van der Waals surface area contributed by atoms with Crippen LogP contribution in [0.3, 0.4) is 0 Å². The van der Waals surface area contributed by atoms with Crippen molar-refractivity contribution in [3.05, 3.63) is 0 Å². The van der Waals surface area contributed by atoms with E-state index in [1.807, 2.05) is 11.8 Å². The zero-order valence-corrected chi connectivity index (χ0v) is 12.4. The van der Waals surface area contributed by atoms with Gasteiger partial charge >= 0.3 is 12.0 Å². The number of aliphatic carboxylic acids is 1. The summed E-state index contributed by atoms with van der Waals surface area (Å²) in [6.07, 6.45) is 5.51. The van der Waals surface area contributed by atoms with Crippen molar-refractivity contribution in [1.29, 1.82) is 0 Å². The van der Waals surface area contributed by atoms with Crippen molar-refractivity contribution in [2.45, 2.75) is 55.5 Å². The minimum absolute atomic E-state index is 0.100. The first-order chi connectivity index (χ1) is 9.51. The molecule has 2 aliphatic rings. The molecule has 1 aliphatic heterocycles. The van der Waals surface area contributed by atoms with E-state index in [0.29, 0.717) is 5.25 Å². The van der Waals surface area contributed by atoms with E-state index >= 15 is 0 Å². The van der Waals surface area contributed by atoms with E-state index in [1.165, 1.54) is 4.90 Å². The topological polar surface area (TPSA) is 89.9 Å². The molecule has 114 valence electrons. The van der Waals surface area contributed by atoms with Crippen LogP contribution in [0.2, 0.25) is 0 Å². The molecule has 1 saturated heterocycles. The van der Waals surface area contributed by atoms with Crippen LogP contribution in [-0.2, 0) is 4.79 Å². The minimum atomic E-state index is -1.05. The zero-order chi connectivity index (χ0) is 14.7. The molecule has 0 unspecified atom stereocenters. The third-order valence-electron chi connectivity index (χ3n) is 4.16. The molecule has 1 heterocycles. The first-order valence-electron chi connectivity index (χ1n) is 7.02. The molecule has 0 aromatic carbocycles. The van der Waals surface area contributed by atoms with Crippen molar-refractivity contribution in [1.82, 2.24) is 10.2 Å². The smallest absolute Gasteiger partial charge is 0.326 e. The SMILES string of the molecule is CSC1CCC(NC(=O)N2C[C@@H](O)C[C@H]2C(=O)O)CC1. The number of carboxylic acids is 1. The van der Waals surface area contributed by atoms with E-state index in [-0.39, 0.29) is 25.0 Å². The van der Waals surface area contributed by atoms with E-state index < -0.39 is 18.1 Å². The Balaban J connectivity index is 1.87. The number of urea groups is 1. The maximum atomic E-state index is 12.2. The van der Waals surface area contributed by atoms with Crippen molar-refractivity contribution >= 4 is 23.8 Å². The van der Waals surface area contributed by atoms with Crippen LogP contribution in [0, 0.1) is 0 Å². The van der Waals surface area contributed by atoms with Crippen LogP contribution in [0.25, 0.3) is 0 Å². The van der Waals surface area contributed by atoms with Gasteiger partial charge in [0.15, 0.2) is 0 Å². The maximum absolute atomic E-state index is 12.2. The molecule has 0 aromatic rings. The number of hydrogen-bond donors (Lipinski definition) is 3. The summed E-state index contributed by atoms with van der Waals surface area (Å²) in [6, 6.07) is -1.15. The summed E-state index contributed by atoms with van der Waals surface area (Å²) in [7, 11) is 0. The summed E-state index contributed by atoms with van der Waals surface area (Å²) in [5.74, 6) is -1.05. The summed E-state index contributed by atoms with van der Waals surface area (Å²) < 4.78 is 0. The Morgan fingerprint density at radius 3 is 2.45 bits per heavy atom. The quantitative estimate of drug-likeness (QED) is 0.720. The second-order valence-electron chi connectivity index (χ2n) is 5.55. The number of rotatable bonds is 3. The molecule has 1 saturated carbocycles. The molecule has 2 amide bonds. The lowest BCUT2D eigenvalue weighted by molar-refractivity contribution is -0.141. The van der Waals surface area contributed by atoms with Crippen LogP contribution in [0.15, 0.2) is 0 Å². The number of β-amino-alcohol motifs (C(OH)–C–C–N with tert-alkyl or cyclic N) is 1. The largest absolute Gasteiger partial charge is 0.480 e. The van der Waals surface area contributed by atoms with E-state index in [1.54, 1.807) is 0 Å². The lowest BCUT2D eigenvalue weighted by Gasteiger charge is -2.30. The fourth-order valence-electron chi connectivity index (χ4n) is 2.97. The van der Waals surface area contributed by atoms with Gasteiger partial charge < -0.3 is 20.4 Å². The molecule has 0 radical (unpaired) electrons. The van der Waals surface area contributed by atoms with Gasteiger partial charge in [-0.25, -0.2) is 9.59 Å². The van der Waals surface area contributed by atoms with Gasteiger partial charge in [-0.05, 0) is 31.9 Å². The van der Waals surface area contributed by atoms with Crippen molar-refractivity contribution in [2.24, 2.45) is 0 Å². The van der Waals surface area contributed by atoms with E-state index in [2.05, 4.69) is 11.6 Å². The van der Waals surface area contributed by atoms with Crippen LogP contribution < -0.4 is 5.32 Å². The zero-order valence-electron chi connectivity index (χ0n) is 11.6. The van der Waals surface area contributed by atoms with Crippen LogP contribution in [0.4, 0.5) is 4.79 Å². The average Bonchev–Trinajstić information content (AvgIpc) is 2.82. The fourth-order valence-corrected chi connectivity index (χ4v) is 3.72. The Morgan fingerprint density at radius 1 is 1.25 bits per heavy atom.